The third-order valence-electron chi connectivity index (χ3n) is 3.35. The van der Waals surface area contributed by atoms with Crippen molar-refractivity contribution in [2.75, 3.05) is 25.6 Å². The number of ether oxygens (including phenoxy) is 1. The topological polar surface area (TPSA) is 66.9 Å². The van der Waals surface area contributed by atoms with Crippen molar-refractivity contribution in [2.45, 2.75) is 12.5 Å². The Morgan fingerprint density at radius 1 is 1.38 bits per heavy atom. The Balaban J connectivity index is 2.16. The summed E-state index contributed by atoms with van der Waals surface area (Å²) in [5.74, 6) is -1.11. The van der Waals surface area contributed by atoms with E-state index in [1.54, 1.807) is 31.3 Å². The first-order valence-electron chi connectivity index (χ1n) is 6.33. The molecule has 2 rings (SSSR count). The lowest BCUT2D eigenvalue weighted by molar-refractivity contribution is -0.142. The molecule has 0 radical (unpaired) electrons. The molecule has 6 nitrogen and oxygen atoms in total. The standard InChI is InChI=1S/C14H15ClN2O4/c1-16(8-13(19)21-2)11-7-12(18)17(14(11)20)10-5-3-9(15)4-6-10/h3-6,11H,7-8H2,1-2H3/t11-/m1/s1. The molecular formula is C14H15ClN2O4. The third kappa shape index (κ3) is 3.22. The molecule has 0 aliphatic carbocycles. The first kappa shape index (κ1) is 15.5. The van der Waals surface area contributed by atoms with Crippen LogP contribution in [0.5, 0.6) is 0 Å². The van der Waals surface area contributed by atoms with E-state index in [9.17, 15) is 14.4 Å². The van der Waals surface area contributed by atoms with Crippen molar-refractivity contribution >= 4 is 35.1 Å². The molecule has 0 saturated carbocycles. The highest BCUT2D eigenvalue weighted by Crippen LogP contribution is 2.26. The summed E-state index contributed by atoms with van der Waals surface area (Å²) in [4.78, 5) is 38.4. The van der Waals surface area contributed by atoms with Crippen LogP contribution in [0.2, 0.25) is 5.02 Å². The summed E-state index contributed by atoms with van der Waals surface area (Å²) in [6.07, 6.45) is 0.0367. The van der Waals surface area contributed by atoms with Gasteiger partial charge in [-0.15, -0.1) is 0 Å². The summed E-state index contributed by atoms with van der Waals surface area (Å²) in [7, 11) is 2.88. The number of anilines is 1. The first-order chi connectivity index (χ1) is 9.93. The zero-order valence-corrected chi connectivity index (χ0v) is 12.5. The monoisotopic (exact) mass is 310 g/mol. The Morgan fingerprint density at radius 2 is 2.00 bits per heavy atom. The van der Waals surface area contributed by atoms with Gasteiger partial charge in [0, 0.05) is 5.02 Å². The van der Waals surface area contributed by atoms with Crippen LogP contribution in [-0.4, -0.2) is 49.4 Å². The molecule has 1 aromatic rings. The summed E-state index contributed by atoms with van der Waals surface area (Å²) < 4.78 is 4.56. The van der Waals surface area contributed by atoms with Crippen LogP contribution < -0.4 is 4.90 Å². The van der Waals surface area contributed by atoms with Gasteiger partial charge in [-0.3, -0.25) is 19.3 Å². The van der Waals surface area contributed by atoms with E-state index in [4.69, 9.17) is 11.6 Å². The summed E-state index contributed by atoms with van der Waals surface area (Å²) in [5.41, 5.74) is 0.475. The van der Waals surface area contributed by atoms with Gasteiger partial charge in [0.15, 0.2) is 0 Å². The molecule has 1 heterocycles. The molecule has 0 bridgehead atoms. The maximum Gasteiger partial charge on any atom is 0.319 e. The molecule has 1 atom stereocenters. The van der Waals surface area contributed by atoms with E-state index in [0.717, 1.165) is 4.90 Å². The van der Waals surface area contributed by atoms with Crippen molar-refractivity contribution in [3.63, 3.8) is 0 Å². The second-order valence-electron chi connectivity index (χ2n) is 4.75. The van der Waals surface area contributed by atoms with Crippen molar-refractivity contribution in [3.8, 4) is 0 Å². The highest BCUT2D eigenvalue weighted by atomic mass is 35.5. The minimum absolute atomic E-state index is 0.0367. The number of imide groups is 1. The Labute approximate surface area is 127 Å². The van der Waals surface area contributed by atoms with Crippen molar-refractivity contribution in [2.24, 2.45) is 0 Å². The fourth-order valence-corrected chi connectivity index (χ4v) is 2.33. The SMILES string of the molecule is COC(=O)CN(C)[C@@H]1CC(=O)N(c2ccc(Cl)cc2)C1=O. The lowest BCUT2D eigenvalue weighted by atomic mass is 10.2. The quantitative estimate of drug-likeness (QED) is 0.615. The second kappa shape index (κ2) is 6.24. The molecule has 7 heteroatoms. The average Bonchev–Trinajstić information content (AvgIpc) is 2.75. The highest BCUT2D eigenvalue weighted by molar-refractivity contribution is 6.30. The summed E-state index contributed by atoms with van der Waals surface area (Å²) in [5, 5.41) is 0.525. The number of halogens is 1. The molecule has 1 aromatic carbocycles. The Kier molecular flexibility index (Phi) is 4.59. The molecule has 0 aromatic heterocycles. The number of esters is 1. The summed E-state index contributed by atoms with van der Waals surface area (Å²) in [6.45, 7) is -0.0470. The fraction of sp³-hybridized carbons (Fsp3) is 0.357. The number of hydrogen-bond donors (Lipinski definition) is 0. The first-order valence-corrected chi connectivity index (χ1v) is 6.71. The number of hydrogen-bond acceptors (Lipinski definition) is 5. The fourth-order valence-electron chi connectivity index (χ4n) is 2.20. The zero-order chi connectivity index (χ0) is 15.6. The van der Waals surface area contributed by atoms with Crippen molar-refractivity contribution < 1.29 is 19.1 Å². The van der Waals surface area contributed by atoms with Gasteiger partial charge in [0.2, 0.25) is 5.91 Å². The zero-order valence-electron chi connectivity index (χ0n) is 11.7. The van der Waals surface area contributed by atoms with Crippen LogP contribution >= 0.6 is 11.6 Å². The molecule has 21 heavy (non-hydrogen) atoms. The predicted molar refractivity (Wildman–Crippen MR) is 77.0 cm³/mol. The number of benzene rings is 1. The smallest absolute Gasteiger partial charge is 0.319 e. The van der Waals surface area contributed by atoms with Gasteiger partial charge >= 0.3 is 5.97 Å². The Morgan fingerprint density at radius 3 is 2.57 bits per heavy atom. The number of rotatable bonds is 4. The molecule has 1 aliphatic heterocycles. The van der Waals surface area contributed by atoms with Crippen molar-refractivity contribution in [3.05, 3.63) is 29.3 Å². The van der Waals surface area contributed by atoms with Gasteiger partial charge in [0.05, 0.1) is 31.8 Å². The second-order valence-corrected chi connectivity index (χ2v) is 5.19. The van der Waals surface area contributed by atoms with Crippen LogP contribution in [0.15, 0.2) is 24.3 Å². The molecule has 0 unspecified atom stereocenters. The van der Waals surface area contributed by atoms with Crippen LogP contribution in [0, 0.1) is 0 Å². The third-order valence-corrected chi connectivity index (χ3v) is 3.60. The van der Waals surface area contributed by atoms with Gasteiger partial charge in [-0.1, -0.05) is 11.6 Å². The largest absolute Gasteiger partial charge is 0.468 e. The van der Waals surface area contributed by atoms with Gasteiger partial charge in [-0.2, -0.15) is 0 Å². The number of carbonyl (C=O) groups is 3. The lowest BCUT2D eigenvalue weighted by Gasteiger charge is -2.21. The summed E-state index contributed by atoms with van der Waals surface area (Å²) in [6, 6.07) is 5.79. The summed E-state index contributed by atoms with van der Waals surface area (Å²) >= 11 is 5.80. The van der Waals surface area contributed by atoms with Crippen LogP contribution in [0.3, 0.4) is 0 Å². The lowest BCUT2D eigenvalue weighted by Crippen LogP contribution is -2.42. The molecule has 0 N–H and O–H groups in total. The van der Waals surface area contributed by atoms with E-state index >= 15 is 0 Å². The predicted octanol–water partition coefficient (Wildman–Crippen LogP) is 1.08. The molecule has 0 spiro atoms. The van der Waals surface area contributed by atoms with E-state index in [-0.39, 0.29) is 24.8 Å². The van der Waals surface area contributed by atoms with Crippen molar-refractivity contribution in [1.82, 2.24) is 4.90 Å². The van der Waals surface area contributed by atoms with Crippen LogP contribution in [0.4, 0.5) is 5.69 Å². The molecule has 2 amide bonds. The number of carbonyl (C=O) groups excluding carboxylic acids is 3. The van der Waals surface area contributed by atoms with E-state index in [1.807, 2.05) is 0 Å². The molecule has 1 aliphatic rings. The van der Waals surface area contributed by atoms with Gasteiger partial charge < -0.3 is 4.74 Å². The van der Waals surface area contributed by atoms with E-state index < -0.39 is 12.0 Å². The number of methoxy groups -OCH3 is 1. The number of nitrogens with zero attached hydrogens (tertiary/aromatic N) is 2. The van der Waals surface area contributed by atoms with Crippen LogP contribution in [0.25, 0.3) is 0 Å². The average molecular weight is 311 g/mol. The highest BCUT2D eigenvalue weighted by Gasteiger charge is 2.42. The van der Waals surface area contributed by atoms with Crippen molar-refractivity contribution in [1.29, 1.82) is 0 Å². The van der Waals surface area contributed by atoms with Gasteiger partial charge in [0.1, 0.15) is 0 Å². The van der Waals surface area contributed by atoms with Gasteiger partial charge in [-0.05, 0) is 31.3 Å². The Hall–Kier alpha value is -1.92. The van der Waals surface area contributed by atoms with Crippen LogP contribution in [-0.2, 0) is 19.1 Å². The maximum atomic E-state index is 12.4. The number of likely N-dealkylation sites (N-methyl/N-ethyl adjacent to an activating group) is 1. The molecule has 1 saturated heterocycles. The van der Waals surface area contributed by atoms with Gasteiger partial charge in [0.25, 0.3) is 5.91 Å². The maximum absolute atomic E-state index is 12.4. The van der Waals surface area contributed by atoms with E-state index in [1.165, 1.54) is 12.0 Å². The van der Waals surface area contributed by atoms with E-state index in [2.05, 4.69) is 4.74 Å². The molecule has 112 valence electrons. The molecular weight excluding hydrogens is 296 g/mol. The number of amides is 2. The normalized spacial score (nSPS) is 18.5. The van der Waals surface area contributed by atoms with Crippen LogP contribution in [0.1, 0.15) is 6.42 Å². The minimum atomic E-state index is -0.660. The Bertz CT molecular complexity index is 573. The molecule has 1 fully saturated rings. The minimum Gasteiger partial charge on any atom is -0.468 e. The van der Waals surface area contributed by atoms with E-state index in [0.29, 0.717) is 10.7 Å². The van der Waals surface area contributed by atoms with Gasteiger partial charge in [-0.25, -0.2) is 4.90 Å².